The molecule has 0 aliphatic heterocycles. The standard InChI is InChI=1S/C12H14FN3O/c1-14-5-6-17-12-8-15-16(9-12)11-4-2-3-10(13)7-11/h2-4,7-9,14H,5-6H2,1H3. The number of aromatic nitrogens is 2. The zero-order valence-corrected chi connectivity index (χ0v) is 9.56. The first kappa shape index (κ1) is 11.6. The van der Waals surface area contributed by atoms with Crippen LogP contribution in [-0.4, -0.2) is 30.0 Å². The van der Waals surface area contributed by atoms with Crippen molar-refractivity contribution in [1.82, 2.24) is 15.1 Å². The molecule has 0 radical (unpaired) electrons. The first-order valence-corrected chi connectivity index (χ1v) is 5.37. The molecular formula is C12H14FN3O. The maximum atomic E-state index is 13.0. The van der Waals surface area contributed by atoms with Crippen LogP contribution in [0.2, 0.25) is 0 Å². The molecule has 4 nitrogen and oxygen atoms in total. The molecule has 0 spiro atoms. The van der Waals surface area contributed by atoms with E-state index in [1.165, 1.54) is 12.1 Å². The zero-order valence-electron chi connectivity index (χ0n) is 9.56. The number of ether oxygens (including phenoxy) is 1. The number of rotatable bonds is 5. The van der Waals surface area contributed by atoms with Crippen molar-refractivity contribution >= 4 is 0 Å². The number of likely N-dealkylation sites (N-methyl/N-ethyl adjacent to an activating group) is 1. The van der Waals surface area contributed by atoms with Gasteiger partial charge in [-0.25, -0.2) is 9.07 Å². The van der Waals surface area contributed by atoms with Gasteiger partial charge in [-0.05, 0) is 25.2 Å². The maximum Gasteiger partial charge on any atom is 0.157 e. The van der Waals surface area contributed by atoms with Crippen molar-refractivity contribution in [2.75, 3.05) is 20.2 Å². The fourth-order valence-electron chi connectivity index (χ4n) is 1.41. The first-order chi connectivity index (χ1) is 8.29. The number of nitrogens with zero attached hydrogens (tertiary/aromatic N) is 2. The molecule has 2 rings (SSSR count). The summed E-state index contributed by atoms with van der Waals surface area (Å²) in [6.45, 7) is 1.34. The monoisotopic (exact) mass is 235 g/mol. The Morgan fingerprint density at radius 2 is 2.35 bits per heavy atom. The van der Waals surface area contributed by atoms with E-state index in [0.717, 1.165) is 6.54 Å². The van der Waals surface area contributed by atoms with Gasteiger partial charge >= 0.3 is 0 Å². The van der Waals surface area contributed by atoms with Gasteiger partial charge in [-0.2, -0.15) is 5.10 Å². The summed E-state index contributed by atoms with van der Waals surface area (Å²) in [5, 5.41) is 7.09. The first-order valence-electron chi connectivity index (χ1n) is 5.37. The number of halogens is 1. The Labute approximate surface area is 99.0 Å². The molecule has 5 heteroatoms. The molecule has 1 aromatic heterocycles. The van der Waals surface area contributed by atoms with E-state index in [-0.39, 0.29) is 5.82 Å². The number of benzene rings is 1. The van der Waals surface area contributed by atoms with Crippen molar-refractivity contribution in [2.24, 2.45) is 0 Å². The zero-order chi connectivity index (χ0) is 12.1. The van der Waals surface area contributed by atoms with Crippen molar-refractivity contribution in [3.63, 3.8) is 0 Å². The van der Waals surface area contributed by atoms with Gasteiger partial charge < -0.3 is 10.1 Å². The van der Waals surface area contributed by atoms with Crippen LogP contribution in [0.3, 0.4) is 0 Å². The highest BCUT2D eigenvalue weighted by Gasteiger charge is 2.02. The Kier molecular flexibility index (Phi) is 3.72. The lowest BCUT2D eigenvalue weighted by atomic mass is 10.3. The van der Waals surface area contributed by atoms with Gasteiger partial charge in [0, 0.05) is 6.54 Å². The van der Waals surface area contributed by atoms with Gasteiger partial charge in [-0.1, -0.05) is 6.07 Å². The highest BCUT2D eigenvalue weighted by Crippen LogP contribution is 2.14. The second-order valence-electron chi connectivity index (χ2n) is 3.55. The van der Waals surface area contributed by atoms with Crippen molar-refractivity contribution in [2.45, 2.75) is 0 Å². The van der Waals surface area contributed by atoms with Gasteiger partial charge in [-0.15, -0.1) is 0 Å². The smallest absolute Gasteiger partial charge is 0.157 e. The Morgan fingerprint density at radius 1 is 1.47 bits per heavy atom. The Morgan fingerprint density at radius 3 is 3.12 bits per heavy atom. The average molecular weight is 235 g/mol. The van der Waals surface area contributed by atoms with Crippen molar-refractivity contribution in [1.29, 1.82) is 0 Å². The van der Waals surface area contributed by atoms with Crippen LogP contribution in [0.15, 0.2) is 36.7 Å². The summed E-state index contributed by atoms with van der Waals surface area (Å²) in [5.74, 6) is 0.389. The van der Waals surface area contributed by atoms with E-state index in [4.69, 9.17) is 4.74 Å². The highest BCUT2D eigenvalue weighted by molar-refractivity contribution is 5.32. The topological polar surface area (TPSA) is 39.1 Å². The van der Waals surface area contributed by atoms with Crippen LogP contribution in [-0.2, 0) is 0 Å². The highest BCUT2D eigenvalue weighted by atomic mass is 19.1. The Balaban J connectivity index is 2.07. The van der Waals surface area contributed by atoms with Crippen LogP contribution in [0, 0.1) is 5.82 Å². The van der Waals surface area contributed by atoms with Crippen molar-refractivity contribution in [3.05, 3.63) is 42.5 Å². The van der Waals surface area contributed by atoms with E-state index < -0.39 is 0 Å². The second kappa shape index (κ2) is 5.45. The molecule has 1 heterocycles. The van der Waals surface area contributed by atoms with Crippen LogP contribution < -0.4 is 10.1 Å². The number of hydrogen-bond acceptors (Lipinski definition) is 3. The fraction of sp³-hybridized carbons (Fsp3) is 0.250. The molecule has 0 fully saturated rings. The minimum Gasteiger partial charge on any atom is -0.489 e. The Bertz CT molecular complexity index is 484. The second-order valence-corrected chi connectivity index (χ2v) is 3.55. The predicted octanol–water partition coefficient (Wildman–Crippen LogP) is 1.61. The molecule has 0 aliphatic carbocycles. The van der Waals surface area contributed by atoms with Gasteiger partial charge in [0.25, 0.3) is 0 Å². The molecule has 0 saturated heterocycles. The fourth-order valence-corrected chi connectivity index (χ4v) is 1.41. The van der Waals surface area contributed by atoms with Gasteiger partial charge in [0.1, 0.15) is 12.4 Å². The SMILES string of the molecule is CNCCOc1cnn(-c2cccc(F)c2)c1. The minimum atomic E-state index is -0.282. The third kappa shape index (κ3) is 3.04. The van der Waals surface area contributed by atoms with E-state index in [9.17, 15) is 4.39 Å². The van der Waals surface area contributed by atoms with Crippen molar-refractivity contribution < 1.29 is 9.13 Å². The third-order valence-corrected chi connectivity index (χ3v) is 2.25. The normalized spacial score (nSPS) is 10.5. The quantitative estimate of drug-likeness (QED) is 0.800. The summed E-state index contributed by atoms with van der Waals surface area (Å²) in [6, 6.07) is 6.25. The van der Waals surface area contributed by atoms with Crippen molar-refractivity contribution in [3.8, 4) is 11.4 Å². The molecule has 17 heavy (non-hydrogen) atoms. The van der Waals surface area contributed by atoms with Crippen LogP contribution in [0.4, 0.5) is 4.39 Å². The van der Waals surface area contributed by atoms with Crippen LogP contribution >= 0.6 is 0 Å². The molecule has 0 aliphatic rings. The van der Waals surface area contributed by atoms with E-state index in [1.807, 2.05) is 7.05 Å². The van der Waals surface area contributed by atoms with E-state index in [1.54, 1.807) is 29.2 Å². The molecule has 0 bridgehead atoms. The molecule has 0 unspecified atom stereocenters. The lowest BCUT2D eigenvalue weighted by molar-refractivity contribution is 0.318. The lowest BCUT2D eigenvalue weighted by Crippen LogP contribution is -2.15. The van der Waals surface area contributed by atoms with Crippen LogP contribution in [0.5, 0.6) is 5.75 Å². The minimum absolute atomic E-state index is 0.282. The maximum absolute atomic E-state index is 13.0. The van der Waals surface area contributed by atoms with E-state index in [0.29, 0.717) is 18.0 Å². The van der Waals surface area contributed by atoms with Crippen LogP contribution in [0.1, 0.15) is 0 Å². The number of hydrogen-bond donors (Lipinski definition) is 1. The predicted molar refractivity (Wildman–Crippen MR) is 62.9 cm³/mol. The van der Waals surface area contributed by atoms with E-state index in [2.05, 4.69) is 10.4 Å². The largest absolute Gasteiger partial charge is 0.489 e. The van der Waals surface area contributed by atoms with Gasteiger partial charge in [0.05, 0.1) is 18.1 Å². The molecule has 1 N–H and O–H groups in total. The van der Waals surface area contributed by atoms with Crippen LogP contribution in [0.25, 0.3) is 5.69 Å². The summed E-state index contributed by atoms with van der Waals surface area (Å²) in [7, 11) is 1.86. The molecule has 1 aromatic carbocycles. The molecular weight excluding hydrogens is 221 g/mol. The molecule has 0 atom stereocenters. The third-order valence-electron chi connectivity index (χ3n) is 2.25. The summed E-state index contributed by atoms with van der Waals surface area (Å²) in [5.41, 5.74) is 0.675. The molecule has 0 saturated carbocycles. The average Bonchev–Trinajstić information content (AvgIpc) is 2.78. The summed E-state index contributed by atoms with van der Waals surface area (Å²) >= 11 is 0. The summed E-state index contributed by atoms with van der Waals surface area (Å²) < 4.78 is 20.0. The van der Waals surface area contributed by atoms with E-state index >= 15 is 0 Å². The van der Waals surface area contributed by atoms with Gasteiger partial charge in [-0.3, -0.25) is 0 Å². The van der Waals surface area contributed by atoms with Gasteiger partial charge in [0.2, 0.25) is 0 Å². The Hall–Kier alpha value is -1.88. The molecule has 90 valence electrons. The summed E-state index contributed by atoms with van der Waals surface area (Å²) in [6.07, 6.45) is 3.34. The van der Waals surface area contributed by atoms with Gasteiger partial charge in [0.15, 0.2) is 5.75 Å². The molecule has 2 aromatic rings. The number of nitrogens with one attached hydrogen (secondary N) is 1. The summed E-state index contributed by atoms with van der Waals surface area (Å²) in [4.78, 5) is 0. The molecule has 0 amide bonds. The lowest BCUT2D eigenvalue weighted by Gasteiger charge is -2.02.